The van der Waals surface area contributed by atoms with Gasteiger partial charge in [-0.25, -0.2) is 0 Å². The Hall–Kier alpha value is -1.63. The van der Waals surface area contributed by atoms with Gasteiger partial charge >= 0.3 is 0 Å². The molecule has 2 rings (SSSR count). The molecule has 1 amide bonds. The molecular weight excluding hydrogens is 398 g/mol. The predicted octanol–water partition coefficient (Wildman–Crippen LogP) is -2.34. The van der Waals surface area contributed by atoms with E-state index in [1.54, 1.807) is 6.92 Å². The molecule has 0 spiro atoms. The first-order valence-electron chi connectivity index (χ1n) is 9.85. The lowest BCUT2D eigenvalue weighted by Gasteiger charge is -2.37. The van der Waals surface area contributed by atoms with Gasteiger partial charge in [-0.2, -0.15) is 0 Å². The Balaban J connectivity index is 1.97. The fraction of sp³-hybridized carbons (Fsp3) is 0.650. The van der Waals surface area contributed by atoms with Crippen LogP contribution in [0.1, 0.15) is 18.9 Å². The Morgan fingerprint density at radius 1 is 1.23 bits per heavy atom. The quantitative estimate of drug-likeness (QED) is 0.215. The summed E-state index contributed by atoms with van der Waals surface area (Å²) in [4.78, 5) is 12.4. The van der Waals surface area contributed by atoms with Crippen LogP contribution in [0.15, 0.2) is 30.3 Å². The van der Waals surface area contributed by atoms with Gasteiger partial charge in [-0.05, 0) is 18.9 Å². The molecule has 0 bridgehead atoms. The normalized spacial score (nSPS) is 27.0. The van der Waals surface area contributed by atoms with Gasteiger partial charge in [-0.1, -0.05) is 30.3 Å². The molecule has 0 aliphatic carbocycles. The molecule has 30 heavy (non-hydrogen) atoms. The molecule has 5 unspecified atom stereocenters. The monoisotopic (exact) mass is 429 g/mol. The SMILES string of the molecule is CC(Cc1ccccc1)NC(=O)[C@H](O)C(O)C(O[C@@H]1OC[C@H](O)CC1O)C(O)CO. The Kier molecular flexibility index (Phi) is 9.59. The van der Waals surface area contributed by atoms with E-state index in [4.69, 9.17) is 9.47 Å². The highest BCUT2D eigenvalue weighted by molar-refractivity contribution is 5.81. The molecular formula is C20H31NO9. The van der Waals surface area contributed by atoms with Crippen molar-refractivity contribution in [2.45, 2.75) is 68.7 Å². The van der Waals surface area contributed by atoms with Gasteiger partial charge in [0.1, 0.15) is 24.4 Å². The molecule has 8 atom stereocenters. The first-order valence-corrected chi connectivity index (χ1v) is 9.85. The number of carbonyl (C=O) groups excluding carboxylic acids is 1. The average molecular weight is 429 g/mol. The van der Waals surface area contributed by atoms with Crippen LogP contribution in [0.25, 0.3) is 0 Å². The van der Waals surface area contributed by atoms with Crippen LogP contribution >= 0.6 is 0 Å². The number of rotatable bonds is 10. The Morgan fingerprint density at radius 3 is 2.50 bits per heavy atom. The van der Waals surface area contributed by atoms with E-state index in [1.165, 1.54) is 0 Å². The number of hydrogen-bond donors (Lipinski definition) is 7. The van der Waals surface area contributed by atoms with Crippen LogP contribution in [0.4, 0.5) is 0 Å². The Labute approximate surface area is 174 Å². The number of amides is 1. The van der Waals surface area contributed by atoms with Crippen molar-refractivity contribution in [3.63, 3.8) is 0 Å². The minimum atomic E-state index is -1.97. The number of nitrogens with one attached hydrogen (secondary N) is 1. The highest BCUT2D eigenvalue weighted by Gasteiger charge is 2.41. The highest BCUT2D eigenvalue weighted by Crippen LogP contribution is 2.21. The molecule has 1 saturated heterocycles. The lowest BCUT2D eigenvalue weighted by Crippen LogP contribution is -2.56. The molecule has 1 aromatic rings. The molecule has 0 saturated carbocycles. The topological polar surface area (TPSA) is 169 Å². The van der Waals surface area contributed by atoms with E-state index in [0.29, 0.717) is 6.42 Å². The fourth-order valence-corrected chi connectivity index (χ4v) is 3.24. The molecule has 0 radical (unpaired) electrons. The molecule has 1 fully saturated rings. The maximum absolute atomic E-state index is 12.4. The largest absolute Gasteiger partial charge is 0.394 e. The third-order valence-corrected chi connectivity index (χ3v) is 4.84. The van der Waals surface area contributed by atoms with Crippen LogP contribution < -0.4 is 5.32 Å². The Morgan fingerprint density at radius 2 is 1.90 bits per heavy atom. The smallest absolute Gasteiger partial charge is 0.251 e. The summed E-state index contributed by atoms with van der Waals surface area (Å²) in [6.07, 6.45) is -10.2. The summed E-state index contributed by atoms with van der Waals surface area (Å²) in [5.74, 6) is -0.884. The maximum Gasteiger partial charge on any atom is 0.251 e. The molecule has 1 aliphatic rings. The highest BCUT2D eigenvalue weighted by atomic mass is 16.7. The van der Waals surface area contributed by atoms with Crippen LogP contribution in [0.2, 0.25) is 0 Å². The molecule has 170 valence electrons. The van der Waals surface area contributed by atoms with Crippen molar-refractivity contribution in [2.75, 3.05) is 13.2 Å². The first kappa shape index (κ1) is 24.6. The van der Waals surface area contributed by atoms with E-state index in [0.717, 1.165) is 5.56 Å². The molecule has 0 aromatic heterocycles. The van der Waals surface area contributed by atoms with Gasteiger partial charge in [0.25, 0.3) is 5.91 Å². The molecule has 1 heterocycles. The molecule has 10 heteroatoms. The zero-order valence-corrected chi connectivity index (χ0v) is 16.7. The number of hydrogen-bond acceptors (Lipinski definition) is 9. The van der Waals surface area contributed by atoms with Gasteiger partial charge in [0, 0.05) is 12.5 Å². The third kappa shape index (κ3) is 6.96. The number of benzene rings is 1. The third-order valence-electron chi connectivity index (χ3n) is 4.84. The molecule has 1 aliphatic heterocycles. The second-order valence-corrected chi connectivity index (χ2v) is 7.54. The maximum atomic E-state index is 12.4. The van der Waals surface area contributed by atoms with E-state index in [1.807, 2.05) is 30.3 Å². The van der Waals surface area contributed by atoms with Gasteiger partial charge in [-0.3, -0.25) is 4.79 Å². The number of aliphatic hydroxyl groups excluding tert-OH is 6. The predicted molar refractivity (Wildman–Crippen MR) is 104 cm³/mol. The van der Waals surface area contributed by atoms with Gasteiger partial charge in [0.15, 0.2) is 12.4 Å². The standard InChI is InChI=1S/C20H31NO9/c1-11(7-12-5-3-2-4-6-12)21-19(28)17(27)16(26)18(15(25)9-22)30-20-14(24)8-13(23)10-29-20/h2-6,11,13-18,20,22-27H,7-10H2,1H3,(H,21,28)/t11?,13-,14?,15?,16?,17-,18?,20+/m1/s1. The molecule has 10 nitrogen and oxygen atoms in total. The summed E-state index contributed by atoms with van der Waals surface area (Å²) >= 11 is 0. The zero-order chi connectivity index (χ0) is 22.3. The van der Waals surface area contributed by atoms with Crippen LogP contribution in [-0.4, -0.2) is 98.7 Å². The number of aliphatic hydroxyl groups is 6. The van der Waals surface area contributed by atoms with Crippen molar-refractivity contribution in [1.29, 1.82) is 0 Å². The second-order valence-electron chi connectivity index (χ2n) is 7.54. The van der Waals surface area contributed by atoms with Crippen molar-refractivity contribution in [2.24, 2.45) is 0 Å². The van der Waals surface area contributed by atoms with Crippen LogP contribution in [0, 0.1) is 0 Å². The summed E-state index contributed by atoms with van der Waals surface area (Å²) in [7, 11) is 0. The van der Waals surface area contributed by atoms with Crippen molar-refractivity contribution in [3.05, 3.63) is 35.9 Å². The fourth-order valence-electron chi connectivity index (χ4n) is 3.24. The lowest BCUT2D eigenvalue weighted by molar-refractivity contribution is -0.280. The van der Waals surface area contributed by atoms with Crippen molar-refractivity contribution in [3.8, 4) is 0 Å². The van der Waals surface area contributed by atoms with E-state index >= 15 is 0 Å². The summed E-state index contributed by atoms with van der Waals surface area (Å²) in [5.41, 5.74) is 0.975. The Bertz CT molecular complexity index is 646. The van der Waals surface area contributed by atoms with Crippen LogP contribution in [0.3, 0.4) is 0 Å². The summed E-state index contributed by atoms with van der Waals surface area (Å²) in [5, 5.41) is 62.0. The van der Waals surface area contributed by atoms with Crippen LogP contribution in [0.5, 0.6) is 0 Å². The molecule has 1 aromatic carbocycles. The first-order chi connectivity index (χ1) is 14.2. The van der Waals surface area contributed by atoms with Crippen molar-refractivity contribution >= 4 is 5.91 Å². The zero-order valence-electron chi connectivity index (χ0n) is 16.7. The van der Waals surface area contributed by atoms with E-state index in [9.17, 15) is 35.4 Å². The van der Waals surface area contributed by atoms with E-state index in [2.05, 4.69) is 5.32 Å². The van der Waals surface area contributed by atoms with Crippen molar-refractivity contribution in [1.82, 2.24) is 5.32 Å². The van der Waals surface area contributed by atoms with Gasteiger partial charge < -0.3 is 45.4 Å². The minimum absolute atomic E-state index is 0.0528. The van der Waals surface area contributed by atoms with Crippen molar-refractivity contribution < 1.29 is 44.9 Å². The van der Waals surface area contributed by atoms with Gasteiger partial charge in [-0.15, -0.1) is 0 Å². The van der Waals surface area contributed by atoms with E-state index < -0.39 is 55.4 Å². The minimum Gasteiger partial charge on any atom is -0.394 e. The second kappa shape index (κ2) is 11.7. The van der Waals surface area contributed by atoms with Gasteiger partial charge in [0.05, 0.1) is 19.3 Å². The van der Waals surface area contributed by atoms with E-state index in [-0.39, 0.29) is 19.1 Å². The van der Waals surface area contributed by atoms with Crippen LogP contribution in [-0.2, 0) is 20.7 Å². The summed E-state index contributed by atoms with van der Waals surface area (Å²) < 4.78 is 10.5. The lowest BCUT2D eigenvalue weighted by atomic mass is 10.0. The number of carbonyl (C=O) groups is 1. The number of ether oxygens (including phenoxy) is 2. The summed E-state index contributed by atoms with van der Waals surface area (Å²) in [6, 6.07) is 9.02. The average Bonchev–Trinajstić information content (AvgIpc) is 2.72. The molecule has 7 N–H and O–H groups in total. The summed E-state index contributed by atoms with van der Waals surface area (Å²) in [6.45, 7) is 0.768. The van der Waals surface area contributed by atoms with Gasteiger partial charge in [0.2, 0.25) is 0 Å².